The van der Waals surface area contributed by atoms with Gasteiger partial charge in [0, 0.05) is 24.1 Å². The van der Waals surface area contributed by atoms with Crippen LogP contribution in [-0.2, 0) is 6.54 Å². The number of nitrogens with zero attached hydrogens (tertiary/aromatic N) is 2. The van der Waals surface area contributed by atoms with Gasteiger partial charge in [-0.15, -0.1) is 11.3 Å². The van der Waals surface area contributed by atoms with Crippen LogP contribution < -0.4 is 4.57 Å². The average molecular weight is 354 g/mol. The third kappa shape index (κ3) is 5.37. The summed E-state index contributed by atoms with van der Waals surface area (Å²) in [6.45, 7) is 3.40. The fraction of sp³-hybridized carbons (Fsp3) is 0.455. The maximum Gasteiger partial charge on any atom is 0.169 e. The van der Waals surface area contributed by atoms with E-state index in [1.54, 1.807) is 11.3 Å². The van der Waals surface area contributed by atoms with Crippen LogP contribution in [0.4, 0.5) is 0 Å². The predicted molar refractivity (Wildman–Crippen MR) is 108 cm³/mol. The van der Waals surface area contributed by atoms with Gasteiger partial charge in [-0.25, -0.2) is 9.55 Å². The lowest BCUT2D eigenvalue weighted by Gasteiger charge is -2.01. The van der Waals surface area contributed by atoms with Crippen molar-refractivity contribution in [2.45, 2.75) is 64.8 Å². The molecule has 0 radical (unpaired) electrons. The van der Waals surface area contributed by atoms with Crippen LogP contribution in [0.15, 0.2) is 48.8 Å². The summed E-state index contributed by atoms with van der Waals surface area (Å²) in [6.07, 6.45) is 15.4. The highest BCUT2D eigenvalue weighted by Gasteiger charge is 2.08. The van der Waals surface area contributed by atoms with Crippen molar-refractivity contribution in [3.8, 4) is 10.6 Å². The zero-order valence-electron chi connectivity index (χ0n) is 15.3. The summed E-state index contributed by atoms with van der Waals surface area (Å²) in [5, 5.41) is 1.11. The quantitative estimate of drug-likeness (QED) is 0.305. The molecule has 2 heterocycles. The molecule has 0 amide bonds. The molecule has 2 aromatic heterocycles. The molecule has 25 heavy (non-hydrogen) atoms. The van der Waals surface area contributed by atoms with Crippen LogP contribution in [0, 0.1) is 0 Å². The summed E-state index contributed by atoms with van der Waals surface area (Å²) < 4.78 is 3.56. The third-order valence-electron chi connectivity index (χ3n) is 4.70. The van der Waals surface area contributed by atoms with E-state index in [-0.39, 0.29) is 0 Å². The molecule has 2 nitrogen and oxygen atoms in total. The van der Waals surface area contributed by atoms with Gasteiger partial charge < -0.3 is 0 Å². The highest BCUT2D eigenvalue weighted by atomic mass is 32.1. The minimum atomic E-state index is 1.10. The summed E-state index contributed by atoms with van der Waals surface area (Å²) in [5.41, 5.74) is 2.31. The fourth-order valence-electron chi connectivity index (χ4n) is 3.17. The Bertz CT molecular complexity index is 728. The zero-order valence-corrected chi connectivity index (χ0v) is 16.1. The molecule has 0 aliphatic carbocycles. The highest BCUT2D eigenvalue weighted by molar-refractivity contribution is 7.21. The molecule has 0 fully saturated rings. The first-order chi connectivity index (χ1) is 12.4. The van der Waals surface area contributed by atoms with Gasteiger partial charge in [0.25, 0.3) is 0 Å². The van der Waals surface area contributed by atoms with Gasteiger partial charge in [-0.2, -0.15) is 0 Å². The highest BCUT2D eigenvalue weighted by Crippen LogP contribution is 2.29. The zero-order chi connectivity index (χ0) is 17.3. The van der Waals surface area contributed by atoms with Gasteiger partial charge in [-0.3, -0.25) is 0 Å². The number of fused-ring (bicyclic) bond motifs is 1. The van der Waals surface area contributed by atoms with Gasteiger partial charge >= 0.3 is 0 Å². The molecule has 0 spiro atoms. The number of aromatic nitrogens is 2. The Kier molecular flexibility index (Phi) is 6.99. The second-order valence-corrected chi connectivity index (χ2v) is 7.82. The Labute approximate surface area is 155 Å². The Balaban J connectivity index is 1.44. The molecule has 3 aromatic rings. The molecule has 0 unspecified atom stereocenters. The van der Waals surface area contributed by atoms with Crippen molar-refractivity contribution in [1.29, 1.82) is 0 Å². The number of para-hydroxylation sites is 1. The Morgan fingerprint density at radius 3 is 2.24 bits per heavy atom. The number of benzene rings is 1. The van der Waals surface area contributed by atoms with Crippen molar-refractivity contribution >= 4 is 21.6 Å². The van der Waals surface area contributed by atoms with Gasteiger partial charge in [-0.1, -0.05) is 57.6 Å². The Hall–Kier alpha value is -1.74. The molecule has 0 aliphatic heterocycles. The van der Waals surface area contributed by atoms with Crippen molar-refractivity contribution in [1.82, 2.24) is 4.98 Å². The summed E-state index contributed by atoms with van der Waals surface area (Å²) in [7, 11) is 0. The van der Waals surface area contributed by atoms with E-state index in [2.05, 4.69) is 60.3 Å². The molecule has 132 valence electrons. The van der Waals surface area contributed by atoms with E-state index in [4.69, 9.17) is 4.98 Å². The van der Waals surface area contributed by atoms with E-state index in [0.717, 1.165) is 17.1 Å². The van der Waals surface area contributed by atoms with Gasteiger partial charge in [0.2, 0.25) is 0 Å². The van der Waals surface area contributed by atoms with E-state index in [0.29, 0.717) is 0 Å². The van der Waals surface area contributed by atoms with Crippen LogP contribution in [0.2, 0.25) is 0 Å². The number of aryl methyl sites for hydroxylation is 1. The van der Waals surface area contributed by atoms with Crippen molar-refractivity contribution in [3.63, 3.8) is 0 Å². The van der Waals surface area contributed by atoms with Crippen LogP contribution in [0.1, 0.15) is 58.3 Å². The smallest absolute Gasteiger partial charge is 0.169 e. The lowest BCUT2D eigenvalue weighted by molar-refractivity contribution is -0.697. The number of hydrogen-bond donors (Lipinski definition) is 0. The summed E-state index contributed by atoms with van der Waals surface area (Å²) in [4.78, 5) is 4.74. The van der Waals surface area contributed by atoms with E-state index >= 15 is 0 Å². The molecule has 0 saturated carbocycles. The normalized spacial score (nSPS) is 11.2. The molecular weight excluding hydrogens is 324 g/mol. The fourth-order valence-corrected chi connectivity index (χ4v) is 4.14. The Morgan fingerprint density at radius 2 is 1.52 bits per heavy atom. The summed E-state index contributed by atoms with van der Waals surface area (Å²) in [5.74, 6) is 0. The van der Waals surface area contributed by atoms with Gasteiger partial charge in [0.05, 0.1) is 10.2 Å². The van der Waals surface area contributed by atoms with E-state index in [1.165, 1.54) is 61.6 Å². The minimum Gasteiger partial charge on any atom is -0.236 e. The second-order valence-electron chi connectivity index (χ2n) is 6.79. The van der Waals surface area contributed by atoms with Crippen molar-refractivity contribution in [3.05, 3.63) is 48.8 Å². The Morgan fingerprint density at radius 1 is 0.840 bits per heavy atom. The number of pyridine rings is 1. The monoisotopic (exact) mass is 353 g/mol. The van der Waals surface area contributed by atoms with E-state index in [9.17, 15) is 0 Å². The number of thiazole rings is 1. The second kappa shape index (κ2) is 9.67. The standard InChI is InChI=1S/C22H29N2S/c1-2-3-4-5-6-7-8-11-16-24-17-14-19(15-18-24)22-23-20-12-9-10-13-21(20)25-22/h9-10,12-15,17-18H,2-8,11,16H2,1H3/q+1. The third-order valence-corrected chi connectivity index (χ3v) is 5.79. The van der Waals surface area contributed by atoms with Crippen molar-refractivity contribution in [2.24, 2.45) is 0 Å². The lowest BCUT2D eigenvalue weighted by atomic mass is 10.1. The first-order valence-electron chi connectivity index (χ1n) is 9.72. The van der Waals surface area contributed by atoms with Crippen molar-refractivity contribution in [2.75, 3.05) is 0 Å². The summed E-state index contributed by atoms with van der Waals surface area (Å²) in [6, 6.07) is 12.7. The SMILES string of the molecule is CCCCCCCCCC[n+]1ccc(-c2nc3ccccc3s2)cc1. The van der Waals surface area contributed by atoms with Crippen molar-refractivity contribution < 1.29 is 4.57 Å². The molecule has 3 heteroatoms. The van der Waals surface area contributed by atoms with E-state index < -0.39 is 0 Å². The van der Waals surface area contributed by atoms with E-state index in [1.807, 2.05) is 0 Å². The largest absolute Gasteiger partial charge is 0.236 e. The van der Waals surface area contributed by atoms with Gasteiger partial charge in [0.15, 0.2) is 12.4 Å². The molecule has 1 aromatic carbocycles. The topological polar surface area (TPSA) is 16.8 Å². The first-order valence-corrected chi connectivity index (χ1v) is 10.5. The molecular formula is C22H29N2S+. The van der Waals surface area contributed by atoms with Crippen LogP contribution in [-0.4, -0.2) is 4.98 Å². The molecule has 0 aliphatic rings. The van der Waals surface area contributed by atoms with Crippen LogP contribution in [0.25, 0.3) is 20.8 Å². The summed E-state index contributed by atoms with van der Waals surface area (Å²) >= 11 is 1.77. The predicted octanol–water partition coefficient (Wildman–Crippen LogP) is 6.39. The number of hydrogen-bond acceptors (Lipinski definition) is 2. The minimum absolute atomic E-state index is 1.10. The molecule has 3 rings (SSSR count). The maximum atomic E-state index is 4.74. The lowest BCUT2D eigenvalue weighted by Crippen LogP contribution is -2.32. The van der Waals surface area contributed by atoms with Crippen LogP contribution >= 0.6 is 11.3 Å². The molecule has 0 N–H and O–H groups in total. The number of unbranched alkanes of at least 4 members (excludes halogenated alkanes) is 7. The molecule has 0 atom stereocenters. The van der Waals surface area contributed by atoms with Crippen LogP contribution in [0.5, 0.6) is 0 Å². The maximum absolute atomic E-state index is 4.74. The van der Waals surface area contributed by atoms with Gasteiger partial charge in [-0.05, 0) is 18.6 Å². The number of rotatable bonds is 10. The molecule has 0 saturated heterocycles. The van der Waals surface area contributed by atoms with Crippen LogP contribution in [0.3, 0.4) is 0 Å². The molecule has 0 bridgehead atoms. The average Bonchev–Trinajstić information content (AvgIpc) is 3.08. The first kappa shape index (κ1) is 18.1. The van der Waals surface area contributed by atoms with Gasteiger partial charge in [0.1, 0.15) is 11.6 Å².